The molecular formula is C15H16ClF3N2O3. The second-order valence-corrected chi connectivity index (χ2v) is 5.78. The van der Waals surface area contributed by atoms with E-state index in [1.54, 1.807) is 11.0 Å². The Hall–Kier alpha value is -1.80. The van der Waals surface area contributed by atoms with Crippen molar-refractivity contribution < 1.29 is 27.5 Å². The third kappa shape index (κ3) is 4.85. The molecule has 0 aliphatic carbocycles. The topological polar surface area (TPSA) is 58.6 Å². The smallest absolute Gasteiger partial charge is 0.359 e. The summed E-state index contributed by atoms with van der Waals surface area (Å²) in [6.45, 7) is 0.263. The van der Waals surface area contributed by atoms with Gasteiger partial charge in [-0.25, -0.2) is 0 Å². The van der Waals surface area contributed by atoms with E-state index in [0.29, 0.717) is 18.7 Å². The van der Waals surface area contributed by atoms with Gasteiger partial charge in [0.25, 0.3) is 5.91 Å². The zero-order valence-electron chi connectivity index (χ0n) is 12.8. The molecule has 9 heteroatoms. The Bertz CT molecular complexity index is 637. The van der Waals surface area contributed by atoms with Crippen LogP contribution in [0.4, 0.5) is 24.5 Å². The lowest BCUT2D eigenvalue weighted by atomic mass is 10.2. The molecule has 0 aromatic heterocycles. The molecule has 1 aromatic rings. The summed E-state index contributed by atoms with van der Waals surface area (Å²) in [7, 11) is 0. The largest absolute Gasteiger partial charge is 0.411 e. The van der Waals surface area contributed by atoms with Crippen molar-refractivity contribution in [1.82, 2.24) is 0 Å². The predicted octanol–water partition coefficient (Wildman–Crippen LogP) is 3.37. The number of benzene rings is 1. The molecule has 0 radical (unpaired) electrons. The van der Waals surface area contributed by atoms with Crippen LogP contribution in [0.3, 0.4) is 0 Å². The van der Waals surface area contributed by atoms with Crippen molar-refractivity contribution in [3.8, 4) is 0 Å². The van der Waals surface area contributed by atoms with E-state index in [4.69, 9.17) is 11.6 Å². The Morgan fingerprint density at radius 3 is 2.75 bits per heavy atom. The highest BCUT2D eigenvalue weighted by atomic mass is 35.5. The van der Waals surface area contributed by atoms with Crippen LogP contribution in [-0.4, -0.2) is 37.2 Å². The van der Waals surface area contributed by atoms with Crippen molar-refractivity contribution in [2.24, 2.45) is 0 Å². The molecule has 1 N–H and O–H groups in total. The normalized spacial score (nSPS) is 16.4. The van der Waals surface area contributed by atoms with Gasteiger partial charge < -0.3 is 15.0 Å². The zero-order chi connectivity index (χ0) is 17.9. The molecule has 1 unspecified atom stereocenters. The summed E-state index contributed by atoms with van der Waals surface area (Å²) >= 11 is 6.00. The zero-order valence-corrected chi connectivity index (χ0v) is 13.6. The fourth-order valence-corrected chi connectivity index (χ4v) is 2.39. The van der Waals surface area contributed by atoms with Gasteiger partial charge in [0.1, 0.15) is 12.7 Å². The first kappa shape index (κ1) is 18.5. The number of alkyl halides is 3. The minimum atomic E-state index is -4.51. The predicted molar refractivity (Wildman–Crippen MR) is 83.1 cm³/mol. The third-order valence-corrected chi connectivity index (χ3v) is 3.79. The van der Waals surface area contributed by atoms with Crippen LogP contribution in [0.1, 0.15) is 19.8 Å². The summed E-state index contributed by atoms with van der Waals surface area (Å²) in [4.78, 5) is 25.3. The van der Waals surface area contributed by atoms with Crippen LogP contribution in [-0.2, 0) is 14.3 Å². The van der Waals surface area contributed by atoms with Crippen molar-refractivity contribution in [3.05, 3.63) is 23.2 Å². The number of halogens is 4. The lowest BCUT2D eigenvalue weighted by molar-refractivity contribution is -0.184. The Morgan fingerprint density at radius 2 is 2.17 bits per heavy atom. The number of amides is 2. The number of anilines is 2. The van der Waals surface area contributed by atoms with Crippen molar-refractivity contribution in [2.75, 3.05) is 23.4 Å². The van der Waals surface area contributed by atoms with Gasteiger partial charge in [0, 0.05) is 18.7 Å². The molecule has 1 saturated heterocycles. The Balaban J connectivity index is 2.05. The van der Waals surface area contributed by atoms with Gasteiger partial charge in [0.2, 0.25) is 5.91 Å². The average Bonchev–Trinajstić information content (AvgIpc) is 2.92. The molecule has 1 aliphatic rings. The molecule has 1 heterocycles. The van der Waals surface area contributed by atoms with Crippen LogP contribution in [0.5, 0.6) is 0 Å². The van der Waals surface area contributed by atoms with Gasteiger partial charge in [-0.05, 0) is 31.5 Å². The number of carbonyl (C=O) groups is 2. The highest BCUT2D eigenvalue weighted by molar-refractivity contribution is 6.34. The van der Waals surface area contributed by atoms with Gasteiger partial charge >= 0.3 is 6.18 Å². The second kappa shape index (κ2) is 7.40. The summed E-state index contributed by atoms with van der Waals surface area (Å²) in [5.41, 5.74) is 0.780. The monoisotopic (exact) mass is 364 g/mol. The van der Waals surface area contributed by atoms with Crippen molar-refractivity contribution in [2.45, 2.75) is 32.0 Å². The van der Waals surface area contributed by atoms with Crippen molar-refractivity contribution in [3.63, 3.8) is 0 Å². The second-order valence-electron chi connectivity index (χ2n) is 5.37. The number of ether oxygens (including phenoxy) is 1. The summed E-state index contributed by atoms with van der Waals surface area (Å²) in [6, 6.07) is 4.67. The van der Waals surface area contributed by atoms with E-state index in [0.717, 1.165) is 6.42 Å². The van der Waals surface area contributed by atoms with Gasteiger partial charge in [0.05, 0.1) is 10.7 Å². The van der Waals surface area contributed by atoms with E-state index in [9.17, 15) is 22.8 Å². The first-order valence-electron chi connectivity index (χ1n) is 7.26. The van der Waals surface area contributed by atoms with Crippen molar-refractivity contribution in [1.29, 1.82) is 0 Å². The molecule has 2 rings (SSSR count). The number of hydrogen-bond donors (Lipinski definition) is 1. The molecule has 1 aliphatic heterocycles. The van der Waals surface area contributed by atoms with E-state index in [-0.39, 0.29) is 16.6 Å². The maximum Gasteiger partial charge on any atom is 0.411 e. The Morgan fingerprint density at radius 1 is 1.46 bits per heavy atom. The first-order chi connectivity index (χ1) is 11.2. The van der Waals surface area contributed by atoms with E-state index in [2.05, 4.69) is 10.1 Å². The molecule has 1 atom stereocenters. The van der Waals surface area contributed by atoms with E-state index in [1.165, 1.54) is 19.1 Å². The fourth-order valence-electron chi connectivity index (χ4n) is 2.23. The quantitative estimate of drug-likeness (QED) is 0.871. The van der Waals surface area contributed by atoms with Gasteiger partial charge in [0.15, 0.2) is 0 Å². The average molecular weight is 365 g/mol. The van der Waals surface area contributed by atoms with Gasteiger partial charge in [-0.2, -0.15) is 13.2 Å². The molecule has 2 amide bonds. The molecule has 0 bridgehead atoms. The first-order valence-corrected chi connectivity index (χ1v) is 7.64. The highest BCUT2D eigenvalue weighted by Gasteiger charge is 2.30. The Labute approximate surface area is 141 Å². The third-order valence-electron chi connectivity index (χ3n) is 3.46. The van der Waals surface area contributed by atoms with Crippen LogP contribution in [0.25, 0.3) is 0 Å². The van der Waals surface area contributed by atoms with Crippen LogP contribution < -0.4 is 10.2 Å². The maximum absolute atomic E-state index is 12.1. The standard InChI is InChI=1S/C15H16ClF3N2O3/c1-9(24-8-15(17,18)19)14(23)20-12-7-10(4-5-11(12)16)21-6-2-3-13(21)22/h4-5,7,9H,2-3,6,8H2,1H3,(H,20,23). The SMILES string of the molecule is CC(OCC(F)(F)F)C(=O)Nc1cc(N2CCCC2=O)ccc1Cl. The van der Waals surface area contributed by atoms with E-state index in [1.807, 2.05) is 0 Å². The summed E-state index contributed by atoms with van der Waals surface area (Å²) in [5.74, 6) is -0.789. The van der Waals surface area contributed by atoms with Crippen molar-refractivity contribution >= 4 is 34.8 Å². The molecule has 132 valence electrons. The minimum absolute atomic E-state index is 0.0310. The molecule has 0 spiro atoms. The Kier molecular flexibility index (Phi) is 5.71. The summed E-state index contributed by atoms with van der Waals surface area (Å²) in [6.07, 6.45) is -4.62. The number of carbonyl (C=O) groups excluding carboxylic acids is 2. The maximum atomic E-state index is 12.1. The van der Waals surface area contributed by atoms with E-state index < -0.39 is 24.8 Å². The molecular weight excluding hydrogens is 349 g/mol. The van der Waals surface area contributed by atoms with Gasteiger partial charge in [-0.15, -0.1) is 0 Å². The number of nitrogens with one attached hydrogen (secondary N) is 1. The van der Waals surface area contributed by atoms with E-state index >= 15 is 0 Å². The molecule has 5 nitrogen and oxygen atoms in total. The minimum Gasteiger partial charge on any atom is -0.359 e. The molecule has 1 aromatic carbocycles. The van der Waals surface area contributed by atoms with Crippen LogP contribution in [0.15, 0.2) is 18.2 Å². The number of nitrogens with zero attached hydrogens (tertiary/aromatic N) is 1. The van der Waals surface area contributed by atoms with Crippen LogP contribution in [0.2, 0.25) is 5.02 Å². The number of rotatable bonds is 5. The molecule has 0 saturated carbocycles. The highest BCUT2D eigenvalue weighted by Crippen LogP contribution is 2.30. The van der Waals surface area contributed by atoms with Crippen LogP contribution in [0, 0.1) is 0 Å². The molecule has 1 fully saturated rings. The fraction of sp³-hybridized carbons (Fsp3) is 0.467. The summed E-state index contributed by atoms with van der Waals surface area (Å²) in [5, 5.41) is 2.63. The summed E-state index contributed by atoms with van der Waals surface area (Å²) < 4.78 is 40.8. The van der Waals surface area contributed by atoms with Crippen LogP contribution >= 0.6 is 11.6 Å². The number of hydrogen-bond acceptors (Lipinski definition) is 3. The molecule has 24 heavy (non-hydrogen) atoms. The lowest BCUT2D eigenvalue weighted by Gasteiger charge is -2.19. The van der Waals surface area contributed by atoms with Gasteiger partial charge in [-0.3, -0.25) is 9.59 Å². The van der Waals surface area contributed by atoms with Gasteiger partial charge in [-0.1, -0.05) is 11.6 Å². The lowest BCUT2D eigenvalue weighted by Crippen LogP contribution is -2.31.